The summed E-state index contributed by atoms with van der Waals surface area (Å²) >= 11 is 4.21. The third kappa shape index (κ3) is 17.3. The lowest BCUT2D eigenvalue weighted by atomic mass is 9.93. The lowest BCUT2D eigenvalue weighted by molar-refractivity contribution is -0.230. The van der Waals surface area contributed by atoms with Crippen LogP contribution in [0.5, 0.6) is 0 Å². The Kier molecular flexibility index (Phi) is 28.6. The van der Waals surface area contributed by atoms with Crippen molar-refractivity contribution in [2.45, 2.75) is 284 Å². The second kappa shape index (κ2) is 38.0. The number of fused-ring (bicyclic) bond motifs is 3. The smallest absolute Gasteiger partial charge is 0.237 e. The van der Waals surface area contributed by atoms with Crippen LogP contribution < -0.4 is 0 Å². The highest BCUT2D eigenvalue weighted by Crippen LogP contribution is 2.57. The quantitative estimate of drug-likeness (QED) is 0.0528. The van der Waals surface area contributed by atoms with Crippen LogP contribution in [0.25, 0.3) is 0 Å². The average molecular weight is 2000 g/mol. The number of aliphatic hydroxyl groups excluding tert-OH is 5. The number of halogens is 2. The van der Waals surface area contributed by atoms with Crippen LogP contribution in [0.3, 0.4) is 0 Å². The van der Waals surface area contributed by atoms with Crippen molar-refractivity contribution in [3.05, 3.63) is 86.0 Å². The van der Waals surface area contributed by atoms with E-state index in [4.69, 9.17) is 100 Å². The molecule has 128 heavy (non-hydrogen) atoms. The van der Waals surface area contributed by atoms with Crippen molar-refractivity contribution in [2.75, 3.05) is 22.1 Å². The van der Waals surface area contributed by atoms with E-state index in [1.54, 1.807) is 0 Å². The fourth-order valence-electron chi connectivity index (χ4n) is 18.4. The van der Waals surface area contributed by atoms with E-state index in [9.17, 15) is 93.3 Å². The van der Waals surface area contributed by atoms with Gasteiger partial charge in [-0.2, -0.15) is 0 Å². The number of carbonyl (C=O) groups is 12. The molecule has 18 rings (SSSR count). The predicted octanol–water partition coefficient (Wildman–Crippen LogP) is -1.08. The Morgan fingerprint density at radius 2 is 0.633 bits per heavy atom. The van der Waals surface area contributed by atoms with E-state index < -0.39 is 174 Å². The number of hydrogen-bond donors (Lipinski definition) is 8. The average Bonchev–Trinajstić information content (AvgIpc) is 1.55. The standard InChI is InChI=1S/C18H21NO5.C17H18INO5.C17H19NO6.C12H12INO5.C12H13NO6.C12H11NO5/c1-3-13-15-18(4-2,24-17(23-15)8-5-6-9-17)16(22-13)19-10-7-12(20)11-14(19)21;1-2-17-14(23-16(24-17)6-3-4-7-16)12(10-18)22-15(17)19-8-5-11(20)9-13(19)21;1-2-17-14(23-16(24-17)6-3-4-7-16)12(10-19)22-15(17)18-8-5-11(20)9-13(18)21;1-2-12(18)10(17)8(6-13)19-11(12)14-4-3-7(15)5-9(14)16;1-2-12(18)10(17)8(6-14)19-11(12)13-4-3-7(15)5-9(13)16;1-3-12(17)10(16)7(2)18-11(12)13-5-4-8(14)6-9(13)15/h2,7,10,13,15-16H,3,5-6,8-9,11H2,1H3;1,5,8,12,14-15H,3-4,6-7,9-10H2;1,5,8,12,14-15,19H,3-4,6-7,9-10H2;1,3-4,8,10-11,17-18H,5-6H2;1,3-4,8,10-11,14,17-18H,5-6H2;1,4-5,10-11,16-17H,2,6H2/t13-,15-,16-,18-;2*12-,14-,15-,17-;2*8-,10-,11-,12-;10-,11-,12-/m111111/s1. The van der Waals surface area contributed by atoms with E-state index in [1.165, 1.54) is 76.1 Å². The summed E-state index contributed by atoms with van der Waals surface area (Å²) in [7, 11) is 0. The molecule has 0 bridgehead atoms. The Balaban J connectivity index is 0.000000132. The van der Waals surface area contributed by atoms with Gasteiger partial charge in [0.1, 0.15) is 48.5 Å². The van der Waals surface area contributed by atoms with Crippen LogP contribution in [0.15, 0.2) is 86.0 Å². The number of nitrogens with zero attached hydrogens (tertiary/aromatic N) is 6. The van der Waals surface area contributed by atoms with Gasteiger partial charge in [0.05, 0.1) is 70.1 Å². The number of amides is 6. The van der Waals surface area contributed by atoms with Gasteiger partial charge in [0.25, 0.3) is 0 Å². The maximum atomic E-state index is 12.4. The van der Waals surface area contributed by atoms with E-state index in [-0.39, 0.29) is 110 Å². The molecule has 18 aliphatic rings. The SMILES string of the molecule is C#C[C@@]1(O)[C@H](O)C(=C)O[C@H]1N1C=CC(=O)CC1=O.C#C[C@@]1(O)[C@H](O)[C@@H](CI)O[C@H]1N1C=CC(=O)CC1=O.C#C[C@@]1(O)[C@H](O)[C@@H](CO)O[C@H]1N1C=CC(=O)CC1=O.C#C[C@@]12OC3(CCCC3)O[C@@H]1[C@@H](CC)O[C@H]2N1C=CC(=O)CC1=O.C#C[C@@]12OC3(CCCC3)O[C@@H]1[C@@H](CI)O[C@H]2N1C=CC(=O)CC1=O.C#C[C@@]12OC3(CCCC3)O[C@@H]1[C@@H](CO)O[C@H]2N1C=CC(=O)CC1=O. The molecule has 12 fully saturated rings. The zero-order chi connectivity index (χ0) is 92.8. The van der Waals surface area contributed by atoms with Gasteiger partial charge in [-0.15, -0.1) is 38.5 Å². The fraction of sp³-hybridized carbons (Fsp3) is 0.568. The van der Waals surface area contributed by atoms with Gasteiger partial charge in [0, 0.05) is 84.6 Å². The molecule has 0 aromatic rings. The Morgan fingerprint density at radius 3 is 0.914 bits per heavy atom. The molecule has 0 radical (unpaired) electrons. The van der Waals surface area contributed by atoms with Gasteiger partial charge in [0.15, 0.2) is 101 Å². The number of rotatable bonds is 11. The first-order valence-corrected chi connectivity index (χ1v) is 44.2. The molecular formula is C88H94I2N6O32. The normalized spacial score (nSPS) is 39.2. The maximum absolute atomic E-state index is 12.4. The summed E-state index contributed by atoms with van der Waals surface area (Å²) in [4.78, 5) is 147. The van der Waals surface area contributed by atoms with Crippen molar-refractivity contribution in [3.8, 4) is 74.1 Å². The molecular weight excluding hydrogens is 1910 g/mol. The minimum absolute atomic E-state index is 0.126. The lowest BCUT2D eigenvalue weighted by Crippen LogP contribution is -2.55. The second-order valence-corrected chi connectivity index (χ2v) is 34.8. The van der Waals surface area contributed by atoms with Crippen molar-refractivity contribution in [1.82, 2.24) is 29.4 Å². The highest BCUT2D eigenvalue weighted by Gasteiger charge is 2.73. The number of aliphatic hydroxyl groups is 8. The van der Waals surface area contributed by atoms with E-state index >= 15 is 0 Å². The topological polar surface area (TPSA) is 497 Å². The maximum Gasteiger partial charge on any atom is 0.237 e. The Morgan fingerprint density at radius 1 is 0.375 bits per heavy atom. The van der Waals surface area contributed by atoms with Gasteiger partial charge < -0.3 is 97.7 Å². The largest absolute Gasteiger partial charge is 0.468 e. The number of allylic oxidation sites excluding steroid dienone is 6. The highest BCUT2D eigenvalue weighted by molar-refractivity contribution is 14.1. The summed E-state index contributed by atoms with van der Waals surface area (Å²) in [6.07, 6.45) is 43.4. The van der Waals surface area contributed by atoms with Crippen molar-refractivity contribution in [2.24, 2.45) is 0 Å². The molecule has 6 amide bonds. The highest BCUT2D eigenvalue weighted by atomic mass is 127. The van der Waals surface area contributed by atoms with Gasteiger partial charge in [-0.05, 0) is 81.4 Å². The lowest BCUT2D eigenvalue weighted by Gasteiger charge is -2.36. The molecule has 3 aliphatic carbocycles. The van der Waals surface area contributed by atoms with Crippen LogP contribution in [0.1, 0.15) is 129 Å². The zero-order valence-electron chi connectivity index (χ0n) is 69.0. The van der Waals surface area contributed by atoms with Crippen molar-refractivity contribution >= 4 is 115 Å². The van der Waals surface area contributed by atoms with E-state index in [2.05, 4.69) is 52.9 Å². The fourth-order valence-corrected chi connectivity index (χ4v) is 19.8. The van der Waals surface area contributed by atoms with Crippen molar-refractivity contribution in [3.63, 3.8) is 0 Å². The molecule has 0 aromatic carbocycles. The minimum Gasteiger partial charge on any atom is -0.468 e. The van der Waals surface area contributed by atoms with Gasteiger partial charge >= 0.3 is 0 Å². The van der Waals surface area contributed by atoms with Gasteiger partial charge in [0.2, 0.25) is 64.1 Å². The molecule has 15 aliphatic heterocycles. The zero-order valence-corrected chi connectivity index (χ0v) is 73.3. The first kappa shape index (κ1) is 96.4. The van der Waals surface area contributed by atoms with Crippen LogP contribution in [0, 0.1) is 74.1 Å². The molecule has 9 saturated heterocycles. The molecule has 3 spiro atoms. The summed E-state index contributed by atoms with van der Waals surface area (Å²) in [5, 5.41) is 79.0. The Labute approximate surface area is 761 Å². The Bertz CT molecular complexity index is 4610. The number of alkyl halides is 2. The monoisotopic (exact) mass is 2000 g/mol. The van der Waals surface area contributed by atoms with Gasteiger partial charge in [-0.1, -0.05) is 94.2 Å². The Hall–Kier alpha value is -9.12. The van der Waals surface area contributed by atoms with Crippen molar-refractivity contribution in [1.29, 1.82) is 0 Å². The van der Waals surface area contributed by atoms with E-state index in [0.717, 1.165) is 104 Å². The number of hydrogen-bond acceptors (Lipinski definition) is 32. The summed E-state index contributed by atoms with van der Waals surface area (Å²) < 4.78 is 72.5. The molecule has 40 heteroatoms. The number of ketones is 6. The molecule has 0 aromatic heterocycles. The second-order valence-electron chi connectivity index (χ2n) is 33.0. The summed E-state index contributed by atoms with van der Waals surface area (Å²) in [5.74, 6) is 7.50. The number of carbonyl (C=O) groups excluding carboxylic acids is 12. The van der Waals surface area contributed by atoms with Crippen LogP contribution in [0.2, 0.25) is 0 Å². The van der Waals surface area contributed by atoms with Crippen LogP contribution >= 0.6 is 45.2 Å². The summed E-state index contributed by atoms with van der Waals surface area (Å²) in [5.41, 5.74) is -9.79. The first-order chi connectivity index (χ1) is 60.9. The molecule has 682 valence electrons. The third-order valence-electron chi connectivity index (χ3n) is 25.0. The van der Waals surface area contributed by atoms with E-state index in [1.807, 2.05) is 41.4 Å². The molecule has 8 N–H and O–H groups in total. The predicted molar refractivity (Wildman–Crippen MR) is 449 cm³/mol. The molecule has 0 unspecified atom stereocenters. The van der Waals surface area contributed by atoms with Crippen LogP contribution in [-0.4, -0.2) is 318 Å². The van der Waals surface area contributed by atoms with Gasteiger partial charge in [-0.25, -0.2) is 0 Å². The van der Waals surface area contributed by atoms with Crippen molar-refractivity contribution < 1.29 is 155 Å². The first-order valence-electron chi connectivity index (χ1n) is 41.2. The summed E-state index contributed by atoms with van der Waals surface area (Å²) in [6, 6.07) is 0. The molecule has 15 heterocycles. The molecule has 38 nitrogen and oxygen atoms in total. The molecule has 3 saturated carbocycles. The number of ether oxygens (including phenoxy) is 12. The van der Waals surface area contributed by atoms with E-state index in [0.29, 0.717) is 15.3 Å². The third-order valence-corrected chi connectivity index (χ3v) is 26.7. The molecule has 23 atom stereocenters. The van der Waals surface area contributed by atoms with Crippen LogP contribution in [-0.2, 0) is 114 Å². The summed E-state index contributed by atoms with van der Waals surface area (Å²) in [6.45, 7) is 4.54. The number of terminal acetylenes is 6. The van der Waals surface area contributed by atoms with Gasteiger partial charge in [-0.3, -0.25) is 86.9 Å². The minimum atomic E-state index is -2.15. The van der Waals surface area contributed by atoms with Crippen LogP contribution in [0.4, 0.5) is 0 Å².